The van der Waals surface area contributed by atoms with E-state index in [9.17, 15) is 13.5 Å². The van der Waals surface area contributed by atoms with E-state index >= 15 is 0 Å². The zero-order valence-electron chi connectivity index (χ0n) is 22.6. The van der Waals surface area contributed by atoms with Gasteiger partial charge in [0.1, 0.15) is 23.0 Å². The van der Waals surface area contributed by atoms with Gasteiger partial charge in [-0.2, -0.15) is 0 Å². The zero-order valence-corrected chi connectivity index (χ0v) is 25.0. The van der Waals surface area contributed by atoms with Gasteiger partial charge in [-0.3, -0.25) is 0 Å². The first kappa shape index (κ1) is 30.1. The maximum absolute atomic E-state index is 12.3. The van der Waals surface area contributed by atoms with E-state index in [2.05, 4.69) is 5.32 Å². The lowest BCUT2D eigenvalue weighted by atomic mass is 9.99. The molecule has 6 nitrogen and oxygen atoms in total. The second-order valence-electron chi connectivity index (χ2n) is 9.84. The van der Waals surface area contributed by atoms with Crippen LogP contribution in [0.3, 0.4) is 0 Å². The summed E-state index contributed by atoms with van der Waals surface area (Å²) in [6.45, 7) is 1.75. The molecule has 0 amide bonds. The van der Waals surface area contributed by atoms with Crippen molar-refractivity contribution in [2.45, 2.75) is 41.5 Å². The third-order valence-electron chi connectivity index (χ3n) is 7.02. The molecule has 1 saturated heterocycles. The Bertz CT molecular complexity index is 1570. The van der Waals surface area contributed by atoms with Gasteiger partial charge in [0.05, 0.1) is 11.5 Å². The molecule has 2 N–H and O–H groups in total. The van der Waals surface area contributed by atoms with E-state index in [0.717, 1.165) is 40.6 Å². The second kappa shape index (κ2) is 13.2. The Morgan fingerprint density at radius 1 is 0.975 bits per heavy atom. The van der Waals surface area contributed by atoms with Crippen LogP contribution < -0.4 is 14.8 Å². The Kier molecular flexibility index (Phi) is 9.90. The number of hydrogen-bond acceptors (Lipinski definition) is 7. The number of phenolic OH excluding ortho intramolecular Hbond substituents is 1. The highest BCUT2D eigenvalue weighted by Crippen LogP contribution is 2.42. The monoisotopic (exact) mass is 599 g/mol. The summed E-state index contributed by atoms with van der Waals surface area (Å²) in [7, 11) is -3.36. The van der Waals surface area contributed by atoms with Crippen LogP contribution in [-0.4, -0.2) is 45.2 Å². The fraction of sp³-hybridized carbons (Fsp3) is 0.290. The van der Waals surface area contributed by atoms with Gasteiger partial charge >= 0.3 is 0 Å². The summed E-state index contributed by atoms with van der Waals surface area (Å²) in [5.41, 5.74) is 1.66. The van der Waals surface area contributed by atoms with E-state index in [1.54, 1.807) is 18.2 Å². The zero-order chi connectivity index (χ0) is 27.4. The molecule has 212 valence electrons. The van der Waals surface area contributed by atoms with Crippen molar-refractivity contribution in [3.8, 4) is 34.1 Å². The molecule has 0 aromatic heterocycles. The van der Waals surface area contributed by atoms with Gasteiger partial charge in [-0.1, -0.05) is 18.6 Å². The molecule has 0 radical (unpaired) electrons. The topological polar surface area (TPSA) is 84.9 Å². The molecule has 4 aromatic carbocycles. The number of hydrogen-bond donors (Lipinski definition) is 2. The molecule has 1 atom stereocenters. The summed E-state index contributed by atoms with van der Waals surface area (Å²) in [6.07, 6.45) is 7.81. The molecule has 1 heterocycles. The lowest BCUT2D eigenvalue weighted by molar-refractivity contribution is 0.268. The van der Waals surface area contributed by atoms with E-state index in [4.69, 9.17) is 9.47 Å². The van der Waals surface area contributed by atoms with Crippen LogP contribution in [0.5, 0.6) is 23.0 Å². The van der Waals surface area contributed by atoms with E-state index in [0.29, 0.717) is 33.9 Å². The van der Waals surface area contributed by atoms with Crippen LogP contribution in [0, 0.1) is 0 Å². The van der Waals surface area contributed by atoms with Crippen molar-refractivity contribution in [2.24, 2.45) is 0 Å². The standard InChI is InChI=1S/C31H33NO5S2.ClH/c1-38-29-20-22(7-15-30(29)39(2,34)35)27-13-6-21-19-24(33)8-14-28(21)31(27)37-26-11-9-25(10-12-26)36-18-16-23-5-3-4-17-32-23;/h6-15,19-20,23,32-33H,3-5,16-18H2,1-2H3;1H. The van der Waals surface area contributed by atoms with Gasteiger partial charge in [0.25, 0.3) is 0 Å². The van der Waals surface area contributed by atoms with Crippen molar-refractivity contribution in [3.63, 3.8) is 0 Å². The highest BCUT2D eigenvalue weighted by molar-refractivity contribution is 7.99. The normalized spacial score (nSPS) is 15.4. The van der Waals surface area contributed by atoms with Crippen molar-refractivity contribution in [1.82, 2.24) is 5.32 Å². The van der Waals surface area contributed by atoms with Gasteiger partial charge in [0, 0.05) is 28.1 Å². The first-order valence-corrected chi connectivity index (χ1v) is 16.2. The fourth-order valence-corrected chi connectivity index (χ4v) is 6.94. The molecule has 1 aliphatic heterocycles. The minimum absolute atomic E-state index is 0. The molecule has 0 saturated carbocycles. The molecule has 1 unspecified atom stereocenters. The highest BCUT2D eigenvalue weighted by atomic mass is 35.5. The molecular formula is C31H34ClNO5S2. The summed E-state index contributed by atoms with van der Waals surface area (Å²) in [6, 6.07) is 22.5. The Balaban J connectivity index is 0.00000370. The third kappa shape index (κ3) is 7.04. The van der Waals surface area contributed by atoms with Crippen molar-refractivity contribution in [2.75, 3.05) is 25.7 Å². The summed E-state index contributed by atoms with van der Waals surface area (Å²) < 4.78 is 37.0. The van der Waals surface area contributed by atoms with Gasteiger partial charge < -0.3 is 19.9 Å². The van der Waals surface area contributed by atoms with Gasteiger partial charge in [-0.25, -0.2) is 8.42 Å². The summed E-state index contributed by atoms with van der Waals surface area (Å²) >= 11 is 1.39. The molecule has 40 heavy (non-hydrogen) atoms. The van der Waals surface area contributed by atoms with E-state index in [-0.39, 0.29) is 18.2 Å². The first-order valence-electron chi connectivity index (χ1n) is 13.1. The number of sulfone groups is 1. The van der Waals surface area contributed by atoms with Crippen LogP contribution in [0.2, 0.25) is 0 Å². The first-order chi connectivity index (χ1) is 18.8. The fourth-order valence-electron chi connectivity index (χ4n) is 4.98. The average Bonchev–Trinajstić information content (AvgIpc) is 2.93. The summed E-state index contributed by atoms with van der Waals surface area (Å²) in [4.78, 5) is 0.985. The minimum Gasteiger partial charge on any atom is -0.508 e. The largest absolute Gasteiger partial charge is 0.508 e. The van der Waals surface area contributed by atoms with Gasteiger partial charge in [-0.05, 0) is 104 Å². The third-order valence-corrected chi connectivity index (χ3v) is 9.08. The van der Waals surface area contributed by atoms with Crippen LogP contribution in [0.25, 0.3) is 21.9 Å². The molecule has 9 heteroatoms. The molecule has 1 fully saturated rings. The van der Waals surface area contributed by atoms with Crippen LogP contribution in [0.1, 0.15) is 25.7 Å². The predicted octanol–water partition coefficient (Wildman–Crippen LogP) is 7.46. The smallest absolute Gasteiger partial charge is 0.176 e. The Hall–Kier alpha value is -2.91. The number of fused-ring (bicyclic) bond motifs is 1. The van der Waals surface area contributed by atoms with Gasteiger partial charge in [0.15, 0.2) is 9.84 Å². The molecule has 0 spiro atoms. The van der Waals surface area contributed by atoms with Crippen LogP contribution in [0.15, 0.2) is 82.6 Å². The van der Waals surface area contributed by atoms with Gasteiger partial charge in [-0.15, -0.1) is 24.2 Å². The number of piperidine rings is 1. The number of rotatable bonds is 9. The SMILES string of the molecule is CSc1cc(-c2ccc3cc(O)ccc3c2Oc2ccc(OCCC3CCCCN3)cc2)ccc1S(C)(=O)=O.Cl. The van der Waals surface area contributed by atoms with Crippen LogP contribution in [0.4, 0.5) is 0 Å². The maximum atomic E-state index is 12.3. The highest BCUT2D eigenvalue weighted by Gasteiger charge is 2.18. The Morgan fingerprint density at radius 2 is 1.75 bits per heavy atom. The quantitative estimate of drug-likeness (QED) is 0.193. The van der Waals surface area contributed by atoms with E-state index < -0.39 is 9.84 Å². The van der Waals surface area contributed by atoms with E-state index in [1.807, 2.05) is 60.9 Å². The van der Waals surface area contributed by atoms with Crippen LogP contribution >= 0.6 is 24.2 Å². The number of phenols is 1. The molecule has 0 bridgehead atoms. The molecule has 0 aliphatic carbocycles. The Morgan fingerprint density at radius 3 is 2.45 bits per heavy atom. The number of thioether (sulfide) groups is 1. The number of halogens is 1. The van der Waals surface area contributed by atoms with Crippen molar-refractivity contribution in [1.29, 1.82) is 0 Å². The van der Waals surface area contributed by atoms with Gasteiger partial charge in [0.2, 0.25) is 0 Å². The number of aromatic hydroxyl groups is 1. The number of nitrogens with one attached hydrogen (secondary N) is 1. The summed E-state index contributed by atoms with van der Waals surface area (Å²) in [5, 5.41) is 15.3. The average molecular weight is 600 g/mol. The molecule has 4 aromatic rings. The van der Waals surface area contributed by atoms with Crippen molar-refractivity contribution in [3.05, 3.63) is 72.8 Å². The Labute approximate surface area is 246 Å². The number of benzene rings is 4. The number of ether oxygens (including phenoxy) is 2. The van der Waals surface area contributed by atoms with Crippen molar-refractivity contribution >= 4 is 44.8 Å². The molecular weight excluding hydrogens is 566 g/mol. The second-order valence-corrected chi connectivity index (χ2v) is 12.7. The lowest BCUT2D eigenvalue weighted by Gasteiger charge is -2.23. The maximum Gasteiger partial charge on any atom is 0.176 e. The van der Waals surface area contributed by atoms with E-state index in [1.165, 1.54) is 37.3 Å². The predicted molar refractivity (Wildman–Crippen MR) is 165 cm³/mol. The molecule has 1 aliphatic rings. The lowest BCUT2D eigenvalue weighted by Crippen LogP contribution is -2.35. The minimum atomic E-state index is -3.36. The van der Waals surface area contributed by atoms with Crippen LogP contribution in [-0.2, 0) is 9.84 Å². The summed E-state index contributed by atoms with van der Waals surface area (Å²) in [5.74, 6) is 2.25. The van der Waals surface area contributed by atoms with Crippen molar-refractivity contribution < 1.29 is 23.0 Å². The molecule has 5 rings (SSSR count).